The molecule has 0 unspecified atom stereocenters. The minimum absolute atomic E-state index is 0.309. The topological polar surface area (TPSA) is 35.2 Å². The Morgan fingerprint density at radius 1 is 1.43 bits per heavy atom. The summed E-state index contributed by atoms with van der Waals surface area (Å²) in [6.45, 7) is 2.54. The normalized spacial score (nSPS) is 20.9. The lowest BCUT2D eigenvalue weighted by Gasteiger charge is -2.35. The number of hydrogen-bond donors (Lipinski definition) is 1. The lowest BCUT2D eigenvalue weighted by molar-refractivity contribution is 0.0195. The van der Waals surface area contributed by atoms with Gasteiger partial charge in [0.2, 0.25) is 0 Å². The summed E-state index contributed by atoms with van der Waals surface area (Å²) in [6.07, 6.45) is 3.35. The Hall–Kier alpha value is -0.380. The third-order valence-corrected chi connectivity index (χ3v) is 3.99. The molecule has 2 rings (SSSR count). The zero-order valence-corrected chi connectivity index (χ0v) is 9.19. The molecule has 14 heavy (non-hydrogen) atoms. The predicted octanol–water partition coefficient (Wildman–Crippen LogP) is 2.05. The van der Waals surface area contributed by atoms with Crippen LogP contribution in [0.1, 0.15) is 17.7 Å². The van der Waals surface area contributed by atoms with E-state index in [1.165, 1.54) is 4.88 Å². The van der Waals surface area contributed by atoms with Gasteiger partial charge in [0, 0.05) is 18.1 Å². The van der Waals surface area contributed by atoms with Crippen LogP contribution in [-0.2, 0) is 11.2 Å². The number of rotatable bonds is 3. The Kier molecular flexibility index (Phi) is 3.21. The predicted molar refractivity (Wildman–Crippen MR) is 59.6 cm³/mol. The summed E-state index contributed by atoms with van der Waals surface area (Å²) in [5.74, 6) is 0. The van der Waals surface area contributed by atoms with Gasteiger partial charge in [-0.25, -0.2) is 0 Å². The molecule has 1 aromatic rings. The summed E-state index contributed by atoms with van der Waals surface area (Å²) >= 11 is 1.83. The highest BCUT2D eigenvalue weighted by molar-refractivity contribution is 7.09. The smallest absolute Gasteiger partial charge is 0.0471 e. The molecule has 0 aromatic carbocycles. The van der Waals surface area contributed by atoms with Crippen LogP contribution in [0, 0.1) is 5.41 Å². The second-order valence-electron chi connectivity index (χ2n) is 4.07. The van der Waals surface area contributed by atoms with Gasteiger partial charge < -0.3 is 10.5 Å². The van der Waals surface area contributed by atoms with Crippen LogP contribution in [0.3, 0.4) is 0 Å². The highest BCUT2D eigenvalue weighted by Gasteiger charge is 2.31. The second kappa shape index (κ2) is 4.43. The van der Waals surface area contributed by atoms with Gasteiger partial charge in [0.15, 0.2) is 0 Å². The maximum atomic E-state index is 5.90. The third kappa shape index (κ3) is 2.16. The fraction of sp³-hybridized carbons (Fsp3) is 0.636. The summed E-state index contributed by atoms with van der Waals surface area (Å²) in [7, 11) is 0. The molecule has 0 spiro atoms. The summed E-state index contributed by atoms with van der Waals surface area (Å²) < 4.78 is 5.39. The first kappa shape index (κ1) is 10.1. The summed E-state index contributed by atoms with van der Waals surface area (Å²) in [4.78, 5) is 1.46. The van der Waals surface area contributed by atoms with Crippen molar-refractivity contribution in [1.82, 2.24) is 0 Å². The largest absolute Gasteiger partial charge is 0.381 e. The average molecular weight is 211 g/mol. The molecule has 0 atom stereocenters. The summed E-state index contributed by atoms with van der Waals surface area (Å²) in [5, 5.41) is 2.14. The highest BCUT2D eigenvalue weighted by Crippen LogP contribution is 2.34. The van der Waals surface area contributed by atoms with Crippen LogP contribution < -0.4 is 5.73 Å². The van der Waals surface area contributed by atoms with Gasteiger partial charge >= 0.3 is 0 Å². The van der Waals surface area contributed by atoms with Gasteiger partial charge in [0.25, 0.3) is 0 Å². The van der Waals surface area contributed by atoms with Gasteiger partial charge in [-0.1, -0.05) is 6.07 Å². The molecular weight excluding hydrogens is 194 g/mol. The minimum Gasteiger partial charge on any atom is -0.381 e. The number of hydrogen-bond acceptors (Lipinski definition) is 3. The second-order valence-corrected chi connectivity index (χ2v) is 5.10. The van der Waals surface area contributed by atoms with E-state index >= 15 is 0 Å². The van der Waals surface area contributed by atoms with Crippen LogP contribution in [0.5, 0.6) is 0 Å². The molecule has 0 amide bonds. The molecule has 1 aromatic heterocycles. The standard InChI is InChI=1S/C11H17NOS/c12-9-11(3-5-13-6-4-11)8-10-2-1-7-14-10/h1-2,7H,3-6,8-9,12H2. The van der Waals surface area contributed by atoms with Gasteiger partial charge in [-0.2, -0.15) is 0 Å². The SMILES string of the molecule is NCC1(Cc2cccs2)CCOCC1. The van der Waals surface area contributed by atoms with E-state index in [1.807, 2.05) is 11.3 Å². The van der Waals surface area contributed by atoms with Crippen molar-refractivity contribution < 1.29 is 4.74 Å². The Balaban J connectivity index is 2.04. The molecule has 0 bridgehead atoms. The highest BCUT2D eigenvalue weighted by atomic mass is 32.1. The molecule has 3 heteroatoms. The van der Waals surface area contributed by atoms with Crippen molar-refractivity contribution in [2.45, 2.75) is 19.3 Å². The summed E-state index contributed by atoms with van der Waals surface area (Å²) in [5.41, 5.74) is 6.21. The van der Waals surface area contributed by atoms with Crippen molar-refractivity contribution in [2.24, 2.45) is 11.1 Å². The maximum absolute atomic E-state index is 5.90. The van der Waals surface area contributed by atoms with E-state index in [-0.39, 0.29) is 0 Å². The van der Waals surface area contributed by atoms with E-state index in [0.717, 1.165) is 39.0 Å². The Morgan fingerprint density at radius 3 is 2.79 bits per heavy atom. The van der Waals surface area contributed by atoms with E-state index in [2.05, 4.69) is 17.5 Å². The monoisotopic (exact) mass is 211 g/mol. The van der Waals surface area contributed by atoms with Crippen molar-refractivity contribution in [1.29, 1.82) is 0 Å². The van der Waals surface area contributed by atoms with Crippen molar-refractivity contribution in [3.63, 3.8) is 0 Å². The van der Waals surface area contributed by atoms with Gasteiger partial charge in [-0.3, -0.25) is 0 Å². The first-order valence-corrected chi connectivity index (χ1v) is 6.03. The van der Waals surface area contributed by atoms with Crippen LogP contribution in [0.2, 0.25) is 0 Å². The van der Waals surface area contributed by atoms with E-state index in [4.69, 9.17) is 10.5 Å². The molecule has 2 heterocycles. The van der Waals surface area contributed by atoms with Gasteiger partial charge in [0.05, 0.1) is 0 Å². The van der Waals surface area contributed by atoms with Crippen molar-refractivity contribution >= 4 is 11.3 Å². The lowest BCUT2D eigenvalue weighted by atomic mass is 9.77. The molecule has 0 aliphatic carbocycles. The Morgan fingerprint density at radius 2 is 2.21 bits per heavy atom. The molecule has 1 fully saturated rings. The van der Waals surface area contributed by atoms with Crippen LogP contribution in [-0.4, -0.2) is 19.8 Å². The molecule has 1 saturated heterocycles. The third-order valence-electron chi connectivity index (χ3n) is 3.12. The minimum atomic E-state index is 0.309. The van der Waals surface area contributed by atoms with E-state index < -0.39 is 0 Å². The lowest BCUT2D eigenvalue weighted by Crippen LogP contribution is -2.38. The van der Waals surface area contributed by atoms with Crippen molar-refractivity contribution in [3.05, 3.63) is 22.4 Å². The zero-order valence-electron chi connectivity index (χ0n) is 8.37. The van der Waals surface area contributed by atoms with E-state index in [1.54, 1.807) is 0 Å². The zero-order chi connectivity index (χ0) is 9.86. The average Bonchev–Trinajstić information content (AvgIpc) is 2.72. The van der Waals surface area contributed by atoms with Crippen molar-refractivity contribution in [2.75, 3.05) is 19.8 Å². The molecule has 78 valence electrons. The summed E-state index contributed by atoms with van der Waals surface area (Å²) in [6, 6.07) is 4.32. The van der Waals surface area contributed by atoms with Crippen LogP contribution in [0.15, 0.2) is 17.5 Å². The van der Waals surface area contributed by atoms with Crippen LogP contribution >= 0.6 is 11.3 Å². The fourth-order valence-electron chi connectivity index (χ4n) is 2.04. The van der Waals surface area contributed by atoms with Crippen LogP contribution in [0.25, 0.3) is 0 Å². The maximum Gasteiger partial charge on any atom is 0.0471 e. The molecular formula is C11H17NOS. The quantitative estimate of drug-likeness (QED) is 0.830. The van der Waals surface area contributed by atoms with Crippen molar-refractivity contribution in [3.8, 4) is 0 Å². The van der Waals surface area contributed by atoms with E-state index in [9.17, 15) is 0 Å². The number of nitrogens with two attached hydrogens (primary N) is 1. The Labute approximate surface area is 89.1 Å². The fourth-order valence-corrected chi connectivity index (χ4v) is 2.92. The van der Waals surface area contributed by atoms with Crippen LogP contribution in [0.4, 0.5) is 0 Å². The molecule has 1 aliphatic rings. The molecule has 1 aliphatic heterocycles. The van der Waals surface area contributed by atoms with Gasteiger partial charge in [0.1, 0.15) is 0 Å². The van der Waals surface area contributed by atoms with Gasteiger partial charge in [-0.05, 0) is 42.7 Å². The first-order valence-electron chi connectivity index (χ1n) is 5.15. The number of thiophene rings is 1. The first-order chi connectivity index (χ1) is 6.85. The van der Waals surface area contributed by atoms with Gasteiger partial charge in [-0.15, -0.1) is 11.3 Å². The van der Waals surface area contributed by atoms with E-state index in [0.29, 0.717) is 5.41 Å². The molecule has 2 nitrogen and oxygen atoms in total. The molecule has 0 radical (unpaired) electrons. The molecule has 0 saturated carbocycles. The molecule has 2 N–H and O–H groups in total. The Bertz CT molecular complexity index is 265. The number of ether oxygens (including phenoxy) is 1.